The minimum Gasteiger partial charge on any atom is -0.350 e. The Morgan fingerprint density at radius 2 is 1.97 bits per heavy atom. The summed E-state index contributed by atoms with van der Waals surface area (Å²) in [5.74, 6) is 1.01. The second-order valence-corrected chi connectivity index (χ2v) is 9.40. The Hall–Kier alpha value is -2.71. The van der Waals surface area contributed by atoms with Crippen molar-refractivity contribution in [1.29, 1.82) is 0 Å². The third-order valence-corrected chi connectivity index (χ3v) is 6.64. The van der Waals surface area contributed by atoms with E-state index in [0.717, 1.165) is 12.2 Å². The van der Waals surface area contributed by atoms with Gasteiger partial charge in [0.1, 0.15) is 5.82 Å². The summed E-state index contributed by atoms with van der Waals surface area (Å²) in [6.45, 7) is 4.05. The Kier molecular flexibility index (Phi) is 5.09. The van der Waals surface area contributed by atoms with Gasteiger partial charge < -0.3 is 14.3 Å². The van der Waals surface area contributed by atoms with E-state index in [0.29, 0.717) is 40.1 Å². The first kappa shape index (κ1) is 21.2. The smallest absolute Gasteiger partial charge is 0.264 e. The maximum absolute atomic E-state index is 14.0. The van der Waals surface area contributed by atoms with Gasteiger partial charge >= 0.3 is 0 Å². The van der Waals surface area contributed by atoms with Crippen LogP contribution in [0.4, 0.5) is 10.2 Å². The van der Waals surface area contributed by atoms with Gasteiger partial charge in [-0.25, -0.2) is 9.37 Å². The van der Waals surface area contributed by atoms with Gasteiger partial charge in [0.05, 0.1) is 22.1 Å². The largest absolute Gasteiger partial charge is 0.350 e. The molecule has 0 spiro atoms. The molecule has 10 heteroatoms. The van der Waals surface area contributed by atoms with Crippen LogP contribution in [0, 0.1) is 0 Å². The number of hydrogen-bond donors (Lipinski definition) is 0. The van der Waals surface area contributed by atoms with Gasteiger partial charge in [0, 0.05) is 30.4 Å². The summed E-state index contributed by atoms with van der Waals surface area (Å²) in [5.41, 5.74) is -0.515. The molecule has 166 valence electrons. The number of carbonyl (C=O) groups excluding carboxylic acids is 1. The van der Waals surface area contributed by atoms with E-state index < -0.39 is 5.67 Å². The number of fused-ring (bicyclic) bond motifs is 2. The first-order valence-electron chi connectivity index (χ1n) is 10.2. The van der Waals surface area contributed by atoms with Crippen molar-refractivity contribution in [3.63, 3.8) is 0 Å². The van der Waals surface area contributed by atoms with Crippen molar-refractivity contribution in [3.8, 4) is 11.4 Å². The Balaban J connectivity index is 1.28. The third kappa shape index (κ3) is 3.71. The maximum atomic E-state index is 14.0. The van der Waals surface area contributed by atoms with Gasteiger partial charge in [-0.1, -0.05) is 28.4 Å². The molecule has 5 rings (SSSR count). The lowest BCUT2D eigenvalue weighted by Gasteiger charge is -2.35. The van der Waals surface area contributed by atoms with Gasteiger partial charge in [-0.05, 0) is 50.6 Å². The van der Waals surface area contributed by atoms with Crippen LogP contribution in [0.5, 0.6) is 0 Å². The van der Waals surface area contributed by atoms with Crippen LogP contribution in [0.25, 0.3) is 11.4 Å². The highest BCUT2D eigenvalue weighted by atomic mass is 35.5. The van der Waals surface area contributed by atoms with Crippen LogP contribution in [0.2, 0.25) is 10.0 Å². The van der Waals surface area contributed by atoms with Crippen LogP contribution in [0.15, 0.2) is 41.1 Å². The van der Waals surface area contributed by atoms with Gasteiger partial charge in [0.2, 0.25) is 5.82 Å². The first-order chi connectivity index (χ1) is 15.2. The fourth-order valence-electron chi connectivity index (χ4n) is 4.26. The van der Waals surface area contributed by atoms with E-state index >= 15 is 0 Å². The van der Waals surface area contributed by atoms with E-state index in [9.17, 15) is 9.18 Å². The number of nitrogens with zero attached hydrogens (tertiary/aromatic N) is 5. The molecule has 1 amide bonds. The molecular weight excluding hydrogens is 456 g/mol. The van der Waals surface area contributed by atoms with Crippen molar-refractivity contribution in [2.75, 3.05) is 18.0 Å². The number of rotatable bonds is 4. The molecule has 2 saturated heterocycles. The van der Waals surface area contributed by atoms with Gasteiger partial charge in [0.25, 0.3) is 11.8 Å². The molecule has 2 atom stereocenters. The molecule has 3 aromatic rings. The normalized spacial score (nSPS) is 20.3. The van der Waals surface area contributed by atoms with Crippen molar-refractivity contribution in [2.24, 2.45) is 0 Å². The summed E-state index contributed by atoms with van der Waals surface area (Å²) < 4.78 is 19.0. The standard InChI is InChI=1S/C22H20Cl2FN5O2/c1-22(2,25)21-27-19(28-32-21)13-4-6-18(26-9-13)29-10-15-8-14(29)11-30(15)20(31)12-3-5-16(23)17(24)7-12/h3-7,9,14-15H,8,10-11H2,1-2H3. The number of halogens is 3. The van der Waals surface area contributed by atoms with E-state index in [1.807, 2.05) is 17.0 Å². The Bertz CT molecular complexity index is 1180. The second-order valence-electron chi connectivity index (χ2n) is 8.58. The summed E-state index contributed by atoms with van der Waals surface area (Å²) in [6.07, 6.45) is 2.54. The van der Waals surface area contributed by atoms with Gasteiger partial charge in [0.15, 0.2) is 5.67 Å². The highest BCUT2D eigenvalue weighted by Gasteiger charge is 2.45. The van der Waals surface area contributed by atoms with Crippen molar-refractivity contribution in [2.45, 2.75) is 38.0 Å². The Morgan fingerprint density at radius 1 is 1.16 bits per heavy atom. The number of anilines is 1. The predicted octanol–water partition coefficient (Wildman–Crippen LogP) is 4.75. The molecule has 0 radical (unpaired) electrons. The minimum atomic E-state index is -1.70. The quantitative estimate of drug-likeness (QED) is 0.541. The summed E-state index contributed by atoms with van der Waals surface area (Å²) in [7, 11) is 0. The molecule has 32 heavy (non-hydrogen) atoms. The molecule has 7 nitrogen and oxygen atoms in total. The number of carbonyl (C=O) groups is 1. The minimum absolute atomic E-state index is 0.0391. The van der Waals surface area contributed by atoms with E-state index in [1.54, 1.807) is 24.4 Å². The van der Waals surface area contributed by atoms with Gasteiger partial charge in [-0.3, -0.25) is 4.79 Å². The van der Waals surface area contributed by atoms with Crippen molar-refractivity contribution in [1.82, 2.24) is 20.0 Å². The lowest BCUT2D eigenvalue weighted by Crippen LogP contribution is -2.49. The third-order valence-electron chi connectivity index (χ3n) is 5.90. The molecule has 2 aliphatic rings. The van der Waals surface area contributed by atoms with Crippen LogP contribution in [0.3, 0.4) is 0 Å². The van der Waals surface area contributed by atoms with E-state index in [2.05, 4.69) is 20.0 Å². The van der Waals surface area contributed by atoms with Crippen LogP contribution in [-0.4, -0.2) is 51.1 Å². The van der Waals surface area contributed by atoms with Crippen LogP contribution in [-0.2, 0) is 5.67 Å². The molecule has 4 heterocycles. The zero-order chi connectivity index (χ0) is 22.6. The number of benzene rings is 1. The molecule has 2 aromatic heterocycles. The number of hydrogen-bond acceptors (Lipinski definition) is 6. The maximum Gasteiger partial charge on any atom is 0.264 e. The molecule has 0 saturated carbocycles. The lowest BCUT2D eigenvalue weighted by molar-refractivity contribution is 0.0725. The van der Waals surface area contributed by atoms with E-state index in [4.69, 9.17) is 27.7 Å². The van der Waals surface area contributed by atoms with Gasteiger partial charge in [-0.15, -0.1) is 0 Å². The average Bonchev–Trinajstić information content (AvgIpc) is 3.50. The summed E-state index contributed by atoms with van der Waals surface area (Å²) >= 11 is 12.0. The van der Waals surface area contributed by atoms with Crippen molar-refractivity contribution < 1.29 is 13.7 Å². The zero-order valence-corrected chi connectivity index (χ0v) is 18.9. The molecule has 2 fully saturated rings. The lowest BCUT2D eigenvalue weighted by atomic mass is 10.1. The number of alkyl halides is 1. The molecule has 2 unspecified atom stereocenters. The van der Waals surface area contributed by atoms with Gasteiger partial charge in [-0.2, -0.15) is 4.98 Å². The number of likely N-dealkylation sites (tertiary alicyclic amines) is 1. The molecule has 2 aliphatic heterocycles. The topological polar surface area (TPSA) is 75.4 Å². The number of aromatic nitrogens is 3. The van der Waals surface area contributed by atoms with Crippen LogP contribution in [0.1, 0.15) is 36.5 Å². The number of pyridine rings is 1. The second kappa shape index (κ2) is 7.71. The van der Waals surface area contributed by atoms with Crippen LogP contribution < -0.4 is 4.90 Å². The molecule has 2 bridgehead atoms. The Morgan fingerprint density at radius 3 is 2.56 bits per heavy atom. The predicted molar refractivity (Wildman–Crippen MR) is 119 cm³/mol. The summed E-state index contributed by atoms with van der Waals surface area (Å²) in [4.78, 5) is 25.7. The fraction of sp³-hybridized carbons (Fsp3) is 0.364. The monoisotopic (exact) mass is 475 g/mol. The van der Waals surface area contributed by atoms with E-state index in [1.165, 1.54) is 13.8 Å². The van der Waals surface area contributed by atoms with Crippen molar-refractivity contribution in [3.05, 3.63) is 58.0 Å². The molecule has 0 aliphatic carbocycles. The summed E-state index contributed by atoms with van der Waals surface area (Å²) in [5, 5.41) is 4.65. The van der Waals surface area contributed by atoms with Crippen LogP contribution >= 0.6 is 23.2 Å². The highest BCUT2D eigenvalue weighted by molar-refractivity contribution is 6.42. The average molecular weight is 476 g/mol. The Labute approximate surface area is 194 Å². The number of piperazine rings is 1. The SMILES string of the molecule is CC(C)(F)c1nc(-c2ccc(N3CC4CC3CN4C(=O)c3ccc(Cl)c(Cl)c3)nc2)no1. The van der Waals surface area contributed by atoms with Crippen molar-refractivity contribution >= 4 is 34.9 Å². The highest BCUT2D eigenvalue weighted by Crippen LogP contribution is 2.35. The molecular formula is C22H20Cl2FN5O2. The zero-order valence-electron chi connectivity index (χ0n) is 17.4. The number of amides is 1. The molecule has 1 aromatic carbocycles. The fourth-order valence-corrected chi connectivity index (χ4v) is 4.56. The first-order valence-corrected chi connectivity index (χ1v) is 11.0. The summed E-state index contributed by atoms with van der Waals surface area (Å²) in [6, 6.07) is 8.98. The molecule has 0 N–H and O–H groups in total. The van der Waals surface area contributed by atoms with E-state index in [-0.39, 0.29) is 23.9 Å².